The largest absolute Gasteiger partial charge is 0.381 e. The van der Waals surface area contributed by atoms with E-state index in [1.807, 2.05) is 0 Å². The van der Waals surface area contributed by atoms with Gasteiger partial charge in [-0.2, -0.15) is 0 Å². The minimum Gasteiger partial charge on any atom is -0.381 e. The Hall–Kier alpha value is -0.120. The standard InChI is InChI=1S/C11H22N2O/c12-7-10-1-4-13(5-2-10)8-11-3-6-14-9-11/h10-11H,1-9,12H2/t11-/m0/s1. The molecule has 2 fully saturated rings. The molecule has 2 rings (SSSR count). The van der Waals surface area contributed by atoms with Crippen LogP contribution in [0.2, 0.25) is 0 Å². The number of nitrogens with two attached hydrogens (primary N) is 1. The highest BCUT2D eigenvalue weighted by Gasteiger charge is 2.22. The van der Waals surface area contributed by atoms with Gasteiger partial charge in [0.1, 0.15) is 0 Å². The fraction of sp³-hybridized carbons (Fsp3) is 1.00. The van der Waals surface area contributed by atoms with Crippen molar-refractivity contribution >= 4 is 0 Å². The summed E-state index contributed by atoms with van der Waals surface area (Å²) in [5.74, 6) is 1.58. The van der Waals surface area contributed by atoms with Gasteiger partial charge in [0.15, 0.2) is 0 Å². The molecule has 3 nitrogen and oxygen atoms in total. The van der Waals surface area contributed by atoms with Crippen molar-refractivity contribution in [2.45, 2.75) is 19.3 Å². The first-order valence-corrected chi connectivity index (χ1v) is 5.88. The third-order valence-electron chi connectivity index (χ3n) is 3.58. The molecule has 0 aliphatic carbocycles. The average Bonchev–Trinajstić information content (AvgIpc) is 2.72. The molecule has 0 aromatic carbocycles. The fourth-order valence-corrected chi connectivity index (χ4v) is 2.50. The van der Waals surface area contributed by atoms with Crippen LogP contribution in [-0.4, -0.2) is 44.3 Å². The molecule has 0 radical (unpaired) electrons. The lowest BCUT2D eigenvalue weighted by Crippen LogP contribution is -2.38. The van der Waals surface area contributed by atoms with Crippen molar-refractivity contribution in [3.05, 3.63) is 0 Å². The Bertz CT molecular complexity index is 161. The minimum atomic E-state index is 0.783. The summed E-state index contributed by atoms with van der Waals surface area (Å²) in [6.07, 6.45) is 3.85. The van der Waals surface area contributed by atoms with E-state index in [1.54, 1.807) is 0 Å². The normalized spacial score (nSPS) is 31.1. The third kappa shape index (κ3) is 2.69. The second-order valence-corrected chi connectivity index (χ2v) is 4.71. The molecule has 3 heteroatoms. The molecule has 0 aromatic heterocycles. The summed E-state index contributed by atoms with van der Waals surface area (Å²) < 4.78 is 5.39. The Kier molecular flexibility index (Phi) is 3.79. The van der Waals surface area contributed by atoms with E-state index < -0.39 is 0 Å². The highest BCUT2D eigenvalue weighted by molar-refractivity contribution is 4.76. The summed E-state index contributed by atoms with van der Waals surface area (Å²) in [6.45, 7) is 6.58. The van der Waals surface area contributed by atoms with Gasteiger partial charge in [0.2, 0.25) is 0 Å². The van der Waals surface area contributed by atoms with Crippen LogP contribution in [0.3, 0.4) is 0 Å². The fourth-order valence-electron chi connectivity index (χ4n) is 2.50. The second-order valence-electron chi connectivity index (χ2n) is 4.71. The number of piperidine rings is 1. The third-order valence-corrected chi connectivity index (χ3v) is 3.58. The Morgan fingerprint density at radius 1 is 1.14 bits per heavy atom. The predicted octanol–water partition coefficient (Wildman–Crippen LogP) is 0.694. The topological polar surface area (TPSA) is 38.5 Å². The van der Waals surface area contributed by atoms with Gasteiger partial charge in [-0.3, -0.25) is 0 Å². The highest BCUT2D eigenvalue weighted by atomic mass is 16.5. The Balaban J connectivity index is 1.67. The van der Waals surface area contributed by atoms with Crippen LogP contribution in [0.25, 0.3) is 0 Å². The number of hydrogen-bond acceptors (Lipinski definition) is 3. The molecule has 2 N–H and O–H groups in total. The first-order valence-electron chi connectivity index (χ1n) is 5.88. The van der Waals surface area contributed by atoms with Crippen molar-refractivity contribution in [3.8, 4) is 0 Å². The number of rotatable bonds is 3. The van der Waals surface area contributed by atoms with Crippen molar-refractivity contribution in [2.75, 3.05) is 39.4 Å². The summed E-state index contributed by atoms with van der Waals surface area (Å²) in [4.78, 5) is 2.59. The molecule has 0 aromatic rings. The van der Waals surface area contributed by atoms with Gasteiger partial charge in [-0.1, -0.05) is 0 Å². The van der Waals surface area contributed by atoms with Gasteiger partial charge < -0.3 is 15.4 Å². The van der Waals surface area contributed by atoms with Gasteiger partial charge in [-0.05, 0) is 50.7 Å². The van der Waals surface area contributed by atoms with Crippen LogP contribution < -0.4 is 5.73 Å². The maximum absolute atomic E-state index is 5.67. The van der Waals surface area contributed by atoms with Gasteiger partial charge in [0.05, 0.1) is 6.61 Å². The summed E-state index contributed by atoms with van der Waals surface area (Å²) in [5.41, 5.74) is 5.67. The number of nitrogens with zero attached hydrogens (tertiary/aromatic N) is 1. The summed E-state index contributed by atoms with van der Waals surface area (Å²) >= 11 is 0. The van der Waals surface area contributed by atoms with Gasteiger partial charge in [-0.15, -0.1) is 0 Å². The smallest absolute Gasteiger partial charge is 0.0507 e. The summed E-state index contributed by atoms with van der Waals surface area (Å²) in [5, 5.41) is 0. The van der Waals surface area contributed by atoms with E-state index >= 15 is 0 Å². The van der Waals surface area contributed by atoms with Crippen molar-refractivity contribution in [3.63, 3.8) is 0 Å². The molecule has 2 aliphatic rings. The van der Waals surface area contributed by atoms with Gasteiger partial charge in [-0.25, -0.2) is 0 Å². The van der Waals surface area contributed by atoms with Crippen LogP contribution in [0, 0.1) is 11.8 Å². The van der Waals surface area contributed by atoms with Gasteiger partial charge in [0.25, 0.3) is 0 Å². The lowest BCUT2D eigenvalue weighted by Gasteiger charge is -2.32. The van der Waals surface area contributed by atoms with Crippen LogP contribution in [0.5, 0.6) is 0 Å². The lowest BCUT2D eigenvalue weighted by molar-refractivity contribution is 0.142. The van der Waals surface area contributed by atoms with Crippen molar-refractivity contribution in [1.29, 1.82) is 0 Å². The average molecular weight is 198 g/mol. The molecule has 1 atom stereocenters. The zero-order valence-corrected chi connectivity index (χ0v) is 8.95. The quantitative estimate of drug-likeness (QED) is 0.725. The second kappa shape index (κ2) is 5.10. The molecular formula is C11H22N2O. The Morgan fingerprint density at radius 3 is 2.50 bits per heavy atom. The Labute approximate surface area is 86.6 Å². The van der Waals surface area contributed by atoms with E-state index in [4.69, 9.17) is 10.5 Å². The van der Waals surface area contributed by atoms with Crippen LogP contribution in [0.15, 0.2) is 0 Å². The van der Waals surface area contributed by atoms with Crippen LogP contribution in [0.1, 0.15) is 19.3 Å². The molecule has 2 aliphatic heterocycles. The molecular weight excluding hydrogens is 176 g/mol. The highest BCUT2D eigenvalue weighted by Crippen LogP contribution is 2.19. The van der Waals surface area contributed by atoms with Crippen LogP contribution in [0.4, 0.5) is 0 Å². The monoisotopic (exact) mass is 198 g/mol. The van der Waals surface area contributed by atoms with E-state index in [0.29, 0.717) is 0 Å². The van der Waals surface area contributed by atoms with Crippen LogP contribution >= 0.6 is 0 Å². The van der Waals surface area contributed by atoms with Gasteiger partial charge in [0, 0.05) is 13.2 Å². The molecule has 0 bridgehead atoms. The summed E-state index contributed by atoms with van der Waals surface area (Å²) in [7, 11) is 0. The minimum absolute atomic E-state index is 0.783. The molecule has 0 unspecified atom stereocenters. The van der Waals surface area contributed by atoms with Gasteiger partial charge >= 0.3 is 0 Å². The van der Waals surface area contributed by atoms with E-state index in [1.165, 1.54) is 38.9 Å². The number of ether oxygens (including phenoxy) is 1. The SMILES string of the molecule is NCC1CCN(C[C@@H]2CCOC2)CC1. The zero-order valence-electron chi connectivity index (χ0n) is 8.95. The van der Waals surface area contributed by atoms with Crippen molar-refractivity contribution < 1.29 is 4.74 Å². The van der Waals surface area contributed by atoms with E-state index in [9.17, 15) is 0 Å². The van der Waals surface area contributed by atoms with E-state index in [2.05, 4.69) is 4.90 Å². The molecule has 0 amide bonds. The van der Waals surface area contributed by atoms with E-state index in [-0.39, 0.29) is 0 Å². The van der Waals surface area contributed by atoms with Crippen LogP contribution in [-0.2, 0) is 4.74 Å². The molecule has 0 spiro atoms. The molecule has 2 saturated heterocycles. The lowest BCUT2D eigenvalue weighted by atomic mass is 9.96. The molecule has 2 heterocycles. The molecule has 14 heavy (non-hydrogen) atoms. The van der Waals surface area contributed by atoms with Crippen molar-refractivity contribution in [2.24, 2.45) is 17.6 Å². The number of likely N-dealkylation sites (tertiary alicyclic amines) is 1. The molecule has 0 saturated carbocycles. The van der Waals surface area contributed by atoms with Crippen molar-refractivity contribution in [1.82, 2.24) is 4.90 Å². The predicted molar refractivity (Wildman–Crippen MR) is 57.1 cm³/mol. The Morgan fingerprint density at radius 2 is 1.93 bits per heavy atom. The maximum atomic E-state index is 5.67. The first kappa shape index (κ1) is 10.4. The number of hydrogen-bond donors (Lipinski definition) is 1. The zero-order chi connectivity index (χ0) is 9.80. The summed E-state index contributed by atoms with van der Waals surface area (Å²) in [6, 6.07) is 0. The molecule has 82 valence electrons. The maximum Gasteiger partial charge on any atom is 0.0507 e. The first-order chi connectivity index (χ1) is 6.88. The van der Waals surface area contributed by atoms with E-state index in [0.717, 1.165) is 31.6 Å².